The van der Waals surface area contributed by atoms with Gasteiger partial charge in [-0.3, -0.25) is 9.20 Å². The summed E-state index contributed by atoms with van der Waals surface area (Å²) in [5.41, 5.74) is 0.681. The summed E-state index contributed by atoms with van der Waals surface area (Å²) in [6, 6.07) is 8.08. The Labute approximate surface area is 125 Å². The van der Waals surface area contributed by atoms with E-state index in [-0.39, 0.29) is 11.1 Å². The average Bonchev–Trinajstić information content (AvgIpc) is 2.53. The minimum Gasteiger partial charge on any atom is -0.494 e. The molecule has 0 saturated carbocycles. The van der Waals surface area contributed by atoms with E-state index in [4.69, 9.17) is 9.84 Å². The zero-order chi connectivity index (χ0) is 15.7. The Kier molecular flexibility index (Phi) is 3.50. The van der Waals surface area contributed by atoms with E-state index in [0.717, 1.165) is 6.42 Å². The van der Waals surface area contributed by atoms with Crippen molar-refractivity contribution in [3.05, 3.63) is 52.4 Å². The second kappa shape index (κ2) is 5.48. The van der Waals surface area contributed by atoms with Crippen molar-refractivity contribution in [2.75, 3.05) is 6.61 Å². The van der Waals surface area contributed by atoms with E-state index in [1.165, 1.54) is 22.7 Å². The SMILES string of the molecule is CCCOc1ccc2nc3ccc(C(=O)O)cn3c(=O)c2c1. The van der Waals surface area contributed by atoms with Crippen molar-refractivity contribution in [3.8, 4) is 5.75 Å². The molecule has 1 aromatic carbocycles. The van der Waals surface area contributed by atoms with Gasteiger partial charge in [0, 0.05) is 6.20 Å². The van der Waals surface area contributed by atoms with E-state index < -0.39 is 5.97 Å². The summed E-state index contributed by atoms with van der Waals surface area (Å²) >= 11 is 0. The molecule has 0 unspecified atom stereocenters. The molecule has 2 aromatic heterocycles. The van der Waals surface area contributed by atoms with Crippen LogP contribution in [0.4, 0.5) is 0 Å². The fourth-order valence-electron chi connectivity index (χ4n) is 2.22. The summed E-state index contributed by atoms with van der Waals surface area (Å²) in [6.07, 6.45) is 2.15. The van der Waals surface area contributed by atoms with E-state index in [2.05, 4.69) is 4.98 Å². The van der Waals surface area contributed by atoms with Crippen LogP contribution < -0.4 is 10.3 Å². The van der Waals surface area contributed by atoms with Gasteiger partial charge in [-0.15, -0.1) is 0 Å². The lowest BCUT2D eigenvalue weighted by Gasteiger charge is -2.07. The van der Waals surface area contributed by atoms with Gasteiger partial charge in [0.15, 0.2) is 0 Å². The topological polar surface area (TPSA) is 80.9 Å². The minimum absolute atomic E-state index is 0.0362. The third-order valence-electron chi connectivity index (χ3n) is 3.30. The second-order valence-electron chi connectivity index (χ2n) is 4.90. The first-order valence-electron chi connectivity index (χ1n) is 6.92. The largest absolute Gasteiger partial charge is 0.494 e. The molecule has 0 radical (unpaired) electrons. The molecular formula is C16H14N2O4. The number of aromatic carboxylic acids is 1. The zero-order valence-electron chi connectivity index (χ0n) is 11.9. The predicted molar refractivity (Wildman–Crippen MR) is 81.7 cm³/mol. The fraction of sp³-hybridized carbons (Fsp3) is 0.188. The molecule has 22 heavy (non-hydrogen) atoms. The third-order valence-corrected chi connectivity index (χ3v) is 3.30. The number of carboxylic acids is 1. The van der Waals surface area contributed by atoms with E-state index in [0.29, 0.717) is 28.9 Å². The number of carboxylic acid groups (broad SMARTS) is 1. The molecule has 0 atom stereocenters. The fourth-order valence-corrected chi connectivity index (χ4v) is 2.22. The van der Waals surface area contributed by atoms with Crippen molar-refractivity contribution >= 4 is 22.5 Å². The first-order valence-corrected chi connectivity index (χ1v) is 6.92. The third kappa shape index (κ3) is 2.39. The Morgan fingerprint density at radius 1 is 1.32 bits per heavy atom. The van der Waals surface area contributed by atoms with Gasteiger partial charge < -0.3 is 9.84 Å². The Balaban J connectivity index is 2.24. The molecule has 6 nitrogen and oxygen atoms in total. The van der Waals surface area contributed by atoms with Crippen molar-refractivity contribution in [3.63, 3.8) is 0 Å². The molecule has 3 rings (SSSR count). The van der Waals surface area contributed by atoms with Crippen molar-refractivity contribution in [1.29, 1.82) is 0 Å². The van der Waals surface area contributed by atoms with Gasteiger partial charge >= 0.3 is 5.97 Å². The quantitative estimate of drug-likeness (QED) is 0.748. The van der Waals surface area contributed by atoms with Crippen LogP contribution >= 0.6 is 0 Å². The number of fused-ring (bicyclic) bond motifs is 2. The lowest BCUT2D eigenvalue weighted by atomic mass is 10.2. The van der Waals surface area contributed by atoms with Gasteiger partial charge in [-0.2, -0.15) is 0 Å². The maximum absolute atomic E-state index is 12.6. The second-order valence-corrected chi connectivity index (χ2v) is 4.90. The summed E-state index contributed by atoms with van der Waals surface area (Å²) in [6.45, 7) is 2.56. The highest BCUT2D eigenvalue weighted by Crippen LogP contribution is 2.18. The summed E-state index contributed by atoms with van der Waals surface area (Å²) < 4.78 is 6.77. The highest BCUT2D eigenvalue weighted by molar-refractivity contribution is 5.88. The van der Waals surface area contributed by atoms with Crippen molar-refractivity contribution in [1.82, 2.24) is 9.38 Å². The van der Waals surface area contributed by atoms with Crippen LogP contribution in [-0.2, 0) is 0 Å². The number of nitrogens with zero attached hydrogens (tertiary/aromatic N) is 2. The van der Waals surface area contributed by atoms with E-state index in [1.54, 1.807) is 18.2 Å². The van der Waals surface area contributed by atoms with Crippen LogP contribution in [0.15, 0.2) is 41.3 Å². The van der Waals surface area contributed by atoms with E-state index in [9.17, 15) is 9.59 Å². The van der Waals surface area contributed by atoms with Crippen LogP contribution in [0, 0.1) is 0 Å². The highest BCUT2D eigenvalue weighted by atomic mass is 16.5. The molecule has 0 bridgehead atoms. The molecule has 1 N–H and O–H groups in total. The highest BCUT2D eigenvalue weighted by Gasteiger charge is 2.10. The van der Waals surface area contributed by atoms with Crippen molar-refractivity contribution < 1.29 is 14.6 Å². The lowest BCUT2D eigenvalue weighted by Crippen LogP contribution is -2.16. The van der Waals surface area contributed by atoms with Crippen LogP contribution in [-0.4, -0.2) is 27.1 Å². The molecule has 112 valence electrons. The number of aromatic nitrogens is 2. The van der Waals surface area contributed by atoms with Gasteiger partial charge in [-0.1, -0.05) is 6.92 Å². The van der Waals surface area contributed by atoms with Gasteiger partial charge in [0.1, 0.15) is 11.4 Å². The van der Waals surface area contributed by atoms with Crippen molar-refractivity contribution in [2.45, 2.75) is 13.3 Å². The van der Waals surface area contributed by atoms with Crippen LogP contribution in [0.25, 0.3) is 16.6 Å². The normalized spacial score (nSPS) is 11.0. The number of rotatable bonds is 4. The van der Waals surface area contributed by atoms with Crippen LogP contribution in [0.1, 0.15) is 23.7 Å². The number of benzene rings is 1. The number of pyridine rings is 1. The smallest absolute Gasteiger partial charge is 0.337 e. The van der Waals surface area contributed by atoms with Crippen LogP contribution in [0.5, 0.6) is 5.75 Å². The Hall–Kier alpha value is -2.89. The van der Waals surface area contributed by atoms with Crippen molar-refractivity contribution in [2.24, 2.45) is 0 Å². The number of carbonyl (C=O) groups is 1. The summed E-state index contributed by atoms with van der Waals surface area (Å²) in [5.74, 6) is -0.489. The van der Waals surface area contributed by atoms with Crippen LogP contribution in [0.2, 0.25) is 0 Å². The van der Waals surface area contributed by atoms with Gasteiger partial charge in [0.2, 0.25) is 0 Å². The molecule has 0 amide bonds. The number of ether oxygens (including phenoxy) is 1. The standard InChI is InChI=1S/C16H14N2O4/c1-2-7-22-11-4-5-13-12(8-11)15(19)18-9-10(16(20)21)3-6-14(18)17-13/h3-6,8-9H,2,7H2,1H3,(H,20,21). The zero-order valence-corrected chi connectivity index (χ0v) is 11.9. The summed E-state index contributed by atoms with van der Waals surface area (Å²) in [4.78, 5) is 28.0. The molecule has 3 aromatic rings. The Morgan fingerprint density at radius 3 is 2.86 bits per heavy atom. The Bertz CT molecular complexity index is 930. The van der Waals surface area contributed by atoms with E-state index in [1.807, 2.05) is 6.92 Å². The summed E-state index contributed by atoms with van der Waals surface area (Å²) in [5, 5.41) is 9.43. The maximum atomic E-state index is 12.6. The van der Waals surface area contributed by atoms with Gasteiger partial charge in [0.05, 0.1) is 23.1 Å². The first-order chi connectivity index (χ1) is 10.6. The van der Waals surface area contributed by atoms with Gasteiger partial charge in [0.25, 0.3) is 5.56 Å². The van der Waals surface area contributed by atoms with E-state index >= 15 is 0 Å². The minimum atomic E-state index is -1.09. The Morgan fingerprint density at radius 2 is 2.14 bits per heavy atom. The number of hydrogen-bond acceptors (Lipinski definition) is 4. The summed E-state index contributed by atoms with van der Waals surface area (Å²) in [7, 11) is 0. The monoisotopic (exact) mass is 298 g/mol. The maximum Gasteiger partial charge on any atom is 0.337 e. The first kappa shape index (κ1) is 14.1. The van der Waals surface area contributed by atoms with Crippen LogP contribution in [0.3, 0.4) is 0 Å². The molecule has 0 saturated heterocycles. The molecule has 0 spiro atoms. The molecule has 0 aliphatic heterocycles. The lowest BCUT2D eigenvalue weighted by molar-refractivity contribution is 0.0696. The van der Waals surface area contributed by atoms with Gasteiger partial charge in [-0.25, -0.2) is 9.78 Å². The molecule has 2 heterocycles. The average molecular weight is 298 g/mol. The predicted octanol–water partition coefficient (Wildman–Crippen LogP) is 2.33. The molecule has 0 fully saturated rings. The molecule has 6 heteroatoms. The molecule has 0 aliphatic carbocycles. The number of hydrogen-bond donors (Lipinski definition) is 1. The molecule has 0 aliphatic rings. The molecular weight excluding hydrogens is 284 g/mol. The van der Waals surface area contributed by atoms with Gasteiger partial charge in [-0.05, 0) is 36.8 Å².